The third kappa shape index (κ3) is 3.26. The fourth-order valence-electron chi connectivity index (χ4n) is 3.34. The number of nitrogens with two attached hydrogens (primary N) is 1. The van der Waals surface area contributed by atoms with Crippen molar-refractivity contribution in [3.63, 3.8) is 0 Å². The first-order valence-electron chi connectivity index (χ1n) is 8.73. The number of furan rings is 1. The smallest absolute Gasteiger partial charge is 0.263 e. The van der Waals surface area contributed by atoms with E-state index in [-0.39, 0.29) is 5.91 Å². The highest BCUT2D eigenvalue weighted by Gasteiger charge is 2.19. The van der Waals surface area contributed by atoms with Crippen molar-refractivity contribution in [2.75, 3.05) is 5.73 Å². The van der Waals surface area contributed by atoms with Gasteiger partial charge in [0.25, 0.3) is 5.91 Å². The number of nitrogens with one attached hydrogen (secondary N) is 1. The molecule has 0 saturated heterocycles. The van der Waals surface area contributed by atoms with E-state index in [0.29, 0.717) is 22.9 Å². The average molecular weight is 355 g/mol. The summed E-state index contributed by atoms with van der Waals surface area (Å²) in [5.41, 5.74) is 9.28. The Labute approximate surface area is 150 Å². The summed E-state index contributed by atoms with van der Waals surface area (Å²) in [6.45, 7) is 0.351. The minimum atomic E-state index is -0.177. The van der Waals surface area contributed by atoms with E-state index < -0.39 is 0 Å². The molecule has 25 heavy (non-hydrogen) atoms. The van der Waals surface area contributed by atoms with Crippen LogP contribution < -0.4 is 11.1 Å². The maximum absolute atomic E-state index is 12.5. The van der Waals surface area contributed by atoms with Crippen molar-refractivity contribution in [1.82, 2.24) is 10.3 Å². The van der Waals surface area contributed by atoms with Crippen LogP contribution in [0.3, 0.4) is 0 Å². The van der Waals surface area contributed by atoms with Gasteiger partial charge in [0.1, 0.15) is 15.5 Å². The molecule has 0 aliphatic heterocycles. The zero-order valence-electron chi connectivity index (χ0n) is 14.0. The first-order valence-corrected chi connectivity index (χ1v) is 9.55. The summed E-state index contributed by atoms with van der Waals surface area (Å²) in [6, 6.07) is 5.78. The first kappa shape index (κ1) is 16.1. The molecule has 0 spiro atoms. The van der Waals surface area contributed by atoms with E-state index >= 15 is 0 Å². The van der Waals surface area contributed by atoms with Gasteiger partial charge in [0.2, 0.25) is 0 Å². The Morgan fingerprint density at radius 1 is 1.28 bits per heavy atom. The third-order valence-electron chi connectivity index (χ3n) is 4.71. The fraction of sp³-hybridized carbons (Fsp3) is 0.368. The molecule has 3 heterocycles. The van der Waals surface area contributed by atoms with E-state index in [2.05, 4.69) is 11.4 Å². The highest BCUT2D eigenvalue weighted by Crippen LogP contribution is 2.35. The van der Waals surface area contributed by atoms with Crippen molar-refractivity contribution in [3.05, 3.63) is 46.4 Å². The topological polar surface area (TPSA) is 81.2 Å². The maximum atomic E-state index is 12.5. The molecule has 130 valence electrons. The number of anilines is 1. The minimum absolute atomic E-state index is 0.177. The number of carbonyl (C=O) groups excluding carboxylic acids is 1. The summed E-state index contributed by atoms with van der Waals surface area (Å²) in [5, 5.41) is 3.77. The van der Waals surface area contributed by atoms with Crippen molar-refractivity contribution in [2.45, 2.75) is 45.1 Å². The van der Waals surface area contributed by atoms with Gasteiger partial charge in [0, 0.05) is 11.1 Å². The normalized spacial score (nSPS) is 14.7. The molecule has 3 aromatic heterocycles. The van der Waals surface area contributed by atoms with Gasteiger partial charge < -0.3 is 15.5 Å². The number of aromatic nitrogens is 1. The molecule has 0 radical (unpaired) electrons. The molecule has 1 aliphatic carbocycles. The van der Waals surface area contributed by atoms with E-state index in [1.165, 1.54) is 48.3 Å². The number of aryl methyl sites for hydroxylation is 2. The van der Waals surface area contributed by atoms with Gasteiger partial charge in [-0.1, -0.05) is 12.8 Å². The summed E-state index contributed by atoms with van der Waals surface area (Å²) in [7, 11) is 0. The monoisotopic (exact) mass is 355 g/mol. The SMILES string of the molecule is Nc1c(C(=O)NCc2ccco2)sc2nc3c(cc12)CCCCCC3. The Kier molecular flexibility index (Phi) is 4.44. The maximum Gasteiger partial charge on any atom is 0.263 e. The number of nitrogens with zero attached hydrogens (tertiary/aromatic N) is 1. The molecule has 3 aromatic rings. The fourth-order valence-corrected chi connectivity index (χ4v) is 4.36. The number of hydrogen-bond donors (Lipinski definition) is 2. The van der Waals surface area contributed by atoms with Crippen LogP contribution in [0.5, 0.6) is 0 Å². The van der Waals surface area contributed by atoms with Crippen LogP contribution in [0.1, 0.15) is 52.4 Å². The van der Waals surface area contributed by atoms with Crippen LogP contribution in [0.15, 0.2) is 28.9 Å². The van der Waals surface area contributed by atoms with E-state index in [1.807, 2.05) is 6.07 Å². The zero-order valence-corrected chi connectivity index (χ0v) is 14.8. The lowest BCUT2D eigenvalue weighted by Crippen LogP contribution is -2.22. The number of pyridine rings is 1. The zero-order chi connectivity index (χ0) is 17.2. The van der Waals surface area contributed by atoms with Crippen LogP contribution in [0.4, 0.5) is 5.69 Å². The quantitative estimate of drug-likeness (QED) is 0.742. The molecule has 0 atom stereocenters. The molecule has 0 unspecified atom stereocenters. The van der Waals surface area contributed by atoms with Gasteiger partial charge in [-0.2, -0.15) is 0 Å². The summed E-state index contributed by atoms with van der Waals surface area (Å²) >= 11 is 1.38. The van der Waals surface area contributed by atoms with Crippen LogP contribution in [0, 0.1) is 0 Å². The highest BCUT2D eigenvalue weighted by molar-refractivity contribution is 7.21. The minimum Gasteiger partial charge on any atom is -0.467 e. The molecule has 0 bridgehead atoms. The van der Waals surface area contributed by atoms with Gasteiger partial charge in [-0.25, -0.2) is 4.98 Å². The molecular weight excluding hydrogens is 334 g/mol. The Morgan fingerprint density at radius 3 is 2.92 bits per heavy atom. The molecule has 1 amide bonds. The van der Waals surface area contributed by atoms with Crippen molar-refractivity contribution in [1.29, 1.82) is 0 Å². The van der Waals surface area contributed by atoms with Crippen molar-refractivity contribution in [3.8, 4) is 0 Å². The molecular formula is C19H21N3O2S. The Hall–Kier alpha value is -2.34. The lowest BCUT2D eigenvalue weighted by molar-refractivity contribution is 0.0953. The lowest BCUT2D eigenvalue weighted by atomic mass is 9.96. The van der Waals surface area contributed by atoms with Crippen molar-refractivity contribution < 1.29 is 9.21 Å². The van der Waals surface area contributed by atoms with Gasteiger partial charge in [-0.05, 0) is 49.4 Å². The number of thiophene rings is 1. The Bertz CT molecular complexity index is 899. The average Bonchev–Trinajstić information content (AvgIpc) is 3.21. The molecule has 5 nitrogen and oxygen atoms in total. The molecule has 0 fully saturated rings. The van der Waals surface area contributed by atoms with E-state index in [1.54, 1.807) is 12.3 Å². The standard InChI is InChI=1S/C19H21N3O2S/c20-16-14-10-12-6-3-1-2-4-8-15(12)22-19(14)25-17(16)18(23)21-11-13-7-5-9-24-13/h5,7,9-10H,1-4,6,8,11,20H2,(H,21,23). The largest absolute Gasteiger partial charge is 0.467 e. The second-order valence-electron chi connectivity index (χ2n) is 6.47. The van der Waals surface area contributed by atoms with Gasteiger partial charge in [-0.3, -0.25) is 4.79 Å². The number of hydrogen-bond acceptors (Lipinski definition) is 5. The van der Waals surface area contributed by atoms with Crippen LogP contribution in [-0.4, -0.2) is 10.9 Å². The summed E-state index contributed by atoms with van der Waals surface area (Å²) in [4.78, 5) is 18.7. The lowest BCUT2D eigenvalue weighted by Gasteiger charge is -2.12. The van der Waals surface area contributed by atoms with Gasteiger partial charge in [-0.15, -0.1) is 11.3 Å². The molecule has 0 saturated carbocycles. The van der Waals surface area contributed by atoms with E-state index in [0.717, 1.165) is 23.1 Å². The molecule has 6 heteroatoms. The number of amides is 1. The summed E-state index contributed by atoms with van der Waals surface area (Å²) in [5.74, 6) is 0.540. The number of carbonyl (C=O) groups is 1. The number of nitrogen functional groups attached to an aromatic ring is 1. The highest BCUT2D eigenvalue weighted by atomic mass is 32.1. The van der Waals surface area contributed by atoms with Gasteiger partial charge in [0.05, 0.1) is 18.5 Å². The predicted molar refractivity (Wildman–Crippen MR) is 99.8 cm³/mol. The van der Waals surface area contributed by atoms with Crippen molar-refractivity contribution in [2.24, 2.45) is 0 Å². The molecule has 1 aliphatic rings. The summed E-state index contributed by atoms with van der Waals surface area (Å²) < 4.78 is 5.25. The molecule has 0 aromatic carbocycles. The first-order chi connectivity index (χ1) is 12.2. The number of fused-ring (bicyclic) bond motifs is 2. The molecule has 3 N–H and O–H groups in total. The Balaban J connectivity index is 1.63. The Morgan fingerprint density at radius 2 is 2.12 bits per heavy atom. The predicted octanol–water partition coefficient (Wildman–Crippen LogP) is 4.06. The number of rotatable bonds is 3. The third-order valence-corrected chi connectivity index (χ3v) is 5.82. The summed E-state index contributed by atoms with van der Waals surface area (Å²) in [6.07, 6.45) is 8.58. The van der Waals surface area contributed by atoms with Crippen molar-refractivity contribution >= 4 is 33.1 Å². The van der Waals surface area contributed by atoms with Gasteiger partial charge in [0.15, 0.2) is 0 Å². The van der Waals surface area contributed by atoms with E-state index in [9.17, 15) is 4.79 Å². The van der Waals surface area contributed by atoms with E-state index in [4.69, 9.17) is 15.1 Å². The molecule has 4 rings (SSSR count). The van der Waals surface area contributed by atoms with Crippen LogP contribution in [0.2, 0.25) is 0 Å². The van der Waals surface area contributed by atoms with Crippen LogP contribution in [0.25, 0.3) is 10.2 Å². The van der Waals surface area contributed by atoms with Gasteiger partial charge >= 0.3 is 0 Å². The second-order valence-corrected chi connectivity index (χ2v) is 7.47. The van der Waals surface area contributed by atoms with Crippen LogP contribution >= 0.6 is 11.3 Å². The van der Waals surface area contributed by atoms with Crippen LogP contribution in [-0.2, 0) is 19.4 Å². The second kappa shape index (κ2) is 6.88.